The summed E-state index contributed by atoms with van der Waals surface area (Å²) in [5.74, 6) is -0.999. The topological polar surface area (TPSA) is 94.9 Å². The van der Waals surface area contributed by atoms with Gasteiger partial charge in [0.25, 0.3) is 0 Å². The molecular weight excluding hydrogens is 378 g/mol. The van der Waals surface area contributed by atoms with Gasteiger partial charge in [-0.15, -0.1) is 0 Å². The van der Waals surface area contributed by atoms with E-state index in [9.17, 15) is 23.4 Å². The summed E-state index contributed by atoms with van der Waals surface area (Å²) in [4.78, 5) is 14.5. The lowest BCUT2D eigenvalue weighted by Gasteiger charge is -2.43. The number of carboxylic acids is 1. The average molecular weight is 404 g/mol. The van der Waals surface area contributed by atoms with Gasteiger partial charge >= 0.3 is 5.97 Å². The summed E-state index contributed by atoms with van der Waals surface area (Å²) in [6.07, 6.45) is 0.877. The van der Waals surface area contributed by atoms with Gasteiger partial charge in [0.1, 0.15) is 5.41 Å². The van der Waals surface area contributed by atoms with Gasteiger partial charge in [-0.2, -0.15) is 0 Å². The van der Waals surface area contributed by atoms with E-state index >= 15 is 0 Å². The van der Waals surface area contributed by atoms with E-state index in [0.717, 1.165) is 11.1 Å². The second kappa shape index (κ2) is 8.03. The summed E-state index contributed by atoms with van der Waals surface area (Å²) in [7, 11) is -3.25. The fraction of sp³-hybridized carbons (Fsp3) is 0.381. The van der Waals surface area contributed by atoms with E-state index in [0.29, 0.717) is 19.5 Å². The quantitative estimate of drug-likeness (QED) is 0.766. The van der Waals surface area contributed by atoms with Crippen LogP contribution in [0.25, 0.3) is 0 Å². The Morgan fingerprint density at radius 3 is 2.32 bits per heavy atom. The molecule has 1 heterocycles. The number of rotatable bonds is 6. The number of carbonyl (C=O) groups is 1. The van der Waals surface area contributed by atoms with Gasteiger partial charge in [-0.3, -0.25) is 9.69 Å². The molecule has 6 nitrogen and oxygen atoms in total. The van der Waals surface area contributed by atoms with Crippen molar-refractivity contribution in [2.75, 3.05) is 19.3 Å². The van der Waals surface area contributed by atoms with Crippen molar-refractivity contribution in [2.45, 2.75) is 30.4 Å². The lowest BCUT2D eigenvalue weighted by Crippen LogP contribution is -2.56. The van der Waals surface area contributed by atoms with Crippen LogP contribution >= 0.6 is 0 Å². The first-order chi connectivity index (χ1) is 13.2. The van der Waals surface area contributed by atoms with Crippen molar-refractivity contribution in [1.29, 1.82) is 0 Å². The van der Waals surface area contributed by atoms with Crippen LogP contribution in [0.5, 0.6) is 0 Å². The number of benzene rings is 2. The number of carboxylic acid groups (broad SMARTS) is 1. The van der Waals surface area contributed by atoms with E-state index in [-0.39, 0.29) is 17.9 Å². The predicted molar refractivity (Wildman–Crippen MR) is 106 cm³/mol. The first-order valence-corrected chi connectivity index (χ1v) is 11.1. The Morgan fingerprint density at radius 1 is 1.11 bits per heavy atom. The van der Waals surface area contributed by atoms with Crippen LogP contribution in [0.1, 0.15) is 17.5 Å². The number of hydrogen-bond donors (Lipinski definition) is 2. The minimum absolute atomic E-state index is 0.228. The van der Waals surface area contributed by atoms with E-state index in [2.05, 4.69) is 0 Å². The molecule has 1 fully saturated rings. The molecule has 1 aliphatic rings. The Labute approximate surface area is 165 Å². The highest BCUT2D eigenvalue weighted by atomic mass is 32.2. The summed E-state index contributed by atoms with van der Waals surface area (Å²) < 4.78 is 23.2. The molecule has 0 saturated carbocycles. The third-order valence-corrected chi connectivity index (χ3v) is 6.54. The molecule has 0 amide bonds. The third kappa shape index (κ3) is 4.43. The molecule has 28 heavy (non-hydrogen) atoms. The molecule has 7 heteroatoms. The van der Waals surface area contributed by atoms with E-state index in [4.69, 9.17) is 0 Å². The molecule has 2 aromatic rings. The highest BCUT2D eigenvalue weighted by molar-refractivity contribution is 7.90. The maximum atomic E-state index is 12.2. The Kier molecular flexibility index (Phi) is 5.88. The second-order valence-electron chi connectivity index (χ2n) is 7.55. The zero-order valence-electron chi connectivity index (χ0n) is 15.8. The molecule has 1 saturated heterocycles. The zero-order chi connectivity index (χ0) is 20.4. The van der Waals surface area contributed by atoms with Crippen LogP contribution in [0.2, 0.25) is 0 Å². The minimum Gasteiger partial charge on any atom is -0.481 e. The van der Waals surface area contributed by atoms with Gasteiger partial charge in [-0.05, 0) is 36.1 Å². The lowest BCUT2D eigenvalue weighted by atomic mass is 9.72. The van der Waals surface area contributed by atoms with Gasteiger partial charge in [-0.1, -0.05) is 42.5 Å². The van der Waals surface area contributed by atoms with Gasteiger partial charge in [0.15, 0.2) is 9.84 Å². The Morgan fingerprint density at radius 2 is 1.75 bits per heavy atom. The first kappa shape index (κ1) is 20.5. The monoisotopic (exact) mass is 403 g/mol. The van der Waals surface area contributed by atoms with Crippen LogP contribution in [0.4, 0.5) is 0 Å². The summed E-state index contributed by atoms with van der Waals surface area (Å²) in [5.41, 5.74) is 0.512. The molecule has 0 spiro atoms. The molecule has 1 aliphatic heterocycles. The number of likely N-dealkylation sites (tertiary alicyclic amines) is 1. The molecular formula is C21H25NO5S. The van der Waals surface area contributed by atoms with Crippen molar-refractivity contribution in [3.8, 4) is 0 Å². The van der Waals surface area contributed by atoms with Crippen molar-refractivity contribution >= 4 is 15.8 Å². The maximum absolute atomic E-state index is 12.2. The van der Waals surface area contributed by atoms with Crippen LogP contribution < -0.4 is 0 Å². The normalized spacial score (nSPS) is 23.4. The van der Waals surface area contributed by atoms with E-state index in [1.165, 1.54) is 6.26 Å². The molecule has 150 valence electrons. The van der Waals surface area contributed by atoms with E-state index in [1.54, 1.807) is 24.3 Å². The van der Waals surface area contributed by atoms with Crippen molar-refractivity contribution in [3.05, 3.63) is 65.7 Å². The summed E-state index contributed by atoms with van der Waals surface area (Å²) >= 11 is 0. The van der Waals surface area contributed by atoms with Crippen molar-refractivity contribution in [3.63, 3.8) is 0 Å². The van der Waals surface area contributed by atoms with Crippen LogP contribution in [0, 0.1) is 5.41 Å². The fourth-order valence-electron chi connectivity index (χ4n) is 3.82. The van der Waals surface area contributed by atoms with Gasteiger partial charge in [0.05, 0.1) is 11.0 Å². The molecule has 2 aromatic carbocycles. The molecule has 2 N–H and O–H groups in total. The molecule has 0 radical (unpaired) electrons. The molecule has 3 rings (SSSR count). The molecule has 0 aliphatic carbocycles. The summed E-state index contributed by atoms with van der Waals surface area (Å²) in [5, 5.41) is 20.6. The van der Waals surface area contributed by atoms with Gasteiger partial charge in [0.2, 0.25) is 0 Å². The van der Waals surface area contributed by atoms with E-state index in [1.807, 2.05) is 35.2 Å². The number of piperidine rings is 1. The summed E-state index contributed by atoms with van der Waals surface area (Å²) in [6.45, 7) is 1.31. The van der Waals surface area contributed by atoms with Gasteiger partial charge < -0.3 is 10.2 Å². The largest absolute Gasteiger partial charge is 0.481 e. The van der Waals surface area contributed by atoms with Crippen LogP contribution in [-0.2, 0) is 27.6 Å². The molecule has 2 atom stereocenters. The number of aliphatic hydroxyl groups is 1. The van der Waals surface area contributed by atoms with E-state index < -0.39 is 27.3 Å². The lowest BCUT2D eigenvalue weighted by molar-refractivity contribution is -0.163. The Bertz CT molecular complexity index is 927. The van der Waals surface area contributed by atoms with Crippen LogP contribution in [0.3, 0.4) is 0 Å². The van der Waals surface area contributed by atoms with Gasteiger partial charge in [0, 0.05) is 25.9 Å². The highest BCUT2D eigenvalue weighted by Gasteiger charge is 2.49. The SMILES string of the molecule is CS(=O)(=O)c1ccc(CN2CC[C@H](O)[C@@](Cc3ccccc3)(C(=O)O)C2)cc1. The minimum atomic E-state index is -3.25. The van der Waals surface area contributed by atoms with Crippen molar-refractivity contribution in [1.82, 2.24) is 4.90 Å². The number of aliphatic hydroxyl groups excluding tert-OH is 1. The second-order valence-corrected chi connectivity index (χ2v) is 9.57. The fourth-order valence-corrected chi connectivity index (χ4v) is 4.45. The maximum Gasteiger partial charge on any atom is 0.313 e. The van der Waals surface area contributed by atoms with Crippen LogP contribution in [0.15, 0.2) is 59.5 Å². The first-order valence-electron chi connectivity index (χ1n) is 9.17. The summed E-state index contributed by atoms with van der Waals surface area (Å²) in [6, 6.07) is 16.0. The molecule has 0 bridgehead atoms. The van der Waals surface area contributed by atoms with Gasteiger partial charge in [-0.25, -0.2) is 8.42 Å². The Balaban J connectivity index is 1.79. The number of hydrogen-bond acceptors (Lipinski definition) is 5. The van der Waals surface area contributed by atoms with Crippen molar-refractivity contribution in [2.24, 2.45) is 5.41 Å². The number of nitrogens with zero attached hydrogens (tertiary/aromatic N) is 1. The molecule has 0 unspecified atom stereocenters. The number of aliphatic carboxylic acids is 1. The predicted octanol–water partition coefficient (Wildman–Crippen LogP) is 1.97. The standard InChI is InChI=1S/C21H25NO5S/c1-28(26,27)18-9-7-17(8-10-18)14-22-12-11-19(23)21(15-22,20(24)25)13-16-5-3-2-4-6-16/h2-10,19,23H,11-15H2,1H3,(H,24,25)/t19-,21-/m0/s1. The number of sulfone groups is 1. The highest BCUT2D eigenvalue weighted by Crippen LogP contribution is 2.35. The van der Waals surface area contributed by atoms with Crippen molar-refractivity contribution < 1.29 is 23.4 Å². The Hall–Kier alpha value is -2.22. The third-order valence-electron chi connectivity index (χ3n) is 5.41. The average Bonchev–Trinajstić information content (AvgIpc) is 2.65. The molecule has 0 aromatic heterocycles. The van der Waals surface area contributed by atoms with Crippen LogP contribution in [-0.4, -0.2) is 54.9 Å². The zero-order valence-corrected chi connectivity index (χ0v) is 16.6. The smallest absolute Gasteiger partial charge is 0.313 e.